The maximum atomic E-state index is 13.1. The predicted molar refractivity (Wildman–Crippen MR) is 137 cm³/mol. The molecule has 0 bridgehead atoms. The second-order valence-electron chi connectivity index (χ2n) is 7.46. The summed E-state index contributed by atoms with van der Waals surface area (Å²) in [7, 11) is 0. The highest BCUT2D eigenvalue weighted by Gasteiger charge is 2.16. The summed E-state index contributed by atoms with van der Waals surface area (Å²) >= 11 is 4.36. The van der Waals surface area contributed by atoms with Crippen molar-refractivity contribution in [3.8, 4) is 11.3 Å². The van der Waals surface area contributed by atoms with Crippen LogP contribution in [-0.2, 0) is 24.2 Å². The minimum Gasteiger partial charge on any atom is -0.298 e. The number of thiophene rings is 1. The van der Waals surface area contributed by atoms with E-state index in [0.29, 0.717) is 23.8 Å². The van der Waals surface area contributed by atoms with Crippen molar-refractivity contribution >= 4 is 51.4 Å². The first-order chi connectivity index (χ1) is 16.7. The lowest BCUT2D eigenvalue weighted by molar-refractivity contribution is -0.116. The Balaban J connectivity index is 1.32. The van der Waals surface area contributed by atoms with Crippen LogP contribution in [0.15, 0.2) is 74.9 Å². The largest absolute Gasteiger partial charge is 0.298 e. The topological polar surface area (TPSA) is 90.6 Å². The number of fused-ring (bicyclic) bond motifs is 1. The highest BCUT2D eigenvalue weighted by Crippen LogP contribution is 2.25. The van der Waals surface area contributed by atoms with Gasteiger partial charge in [0, 0.05) is 35.3 Å². The predicted octanol–water partition coefficient (Wildman–Crippen LogP) is 4.52. The summed E-state index contributed by atoms with van der Waals surface area (Å²) in [5.41, 5.74) is 3.35. The van der Waals surface area contributed by atoms with E-state index in [2.05, 4.69) is 19.9 Å². The van der Waals surface area contributed by atoms with E-state index in [1.807, 2.05) is 52.5 Å². The third kappa shape index (κ3) is 5.14. The number of nitrogens with zero attached hydrogens (tertiary/aromatic N) is 5. The molecule has 0 aliphatic carbocycles. The van der Waals surface area contributed by atoms with Crippen LogP contribution in [0.5, 0.6) is 0 Å². The summed E-state index contributed by atoms with van der Waals surface area (Å²) in [4.78, 5) is 43.4. The van der Waals surface area contributed by atoms with Gasteiger partial charge in [-0.05, 0) is 23.4 Å². The highest BCUT2D eigenvalue weighted by molar-refractivity contribution is 7.99. The molecule has 4 aromatic heterocycles. The third-order valence-electron chi connectivity index (χ3n) is 5.11. The number of thiazole rings is 1. The van der Waals surface area contributed by atoms with E-state index >= 15 is 0 Å². The van der Waals surface area contributed by atoms with Crippen LogP contribution in [0.2, 0.25) is 0 Å². The van der Waals surface area contributed by atoms with Gasteiger partial charge >= 0.3 is 0 Å². The fourth-order valence-corrected chi connectivity index (χ4v) is 5.78. The van der Waals surface area contributed by atoms with Gasteiger partial charge < -0.3 is 0 Å². The fraction of sp³-hybridized carbons (Fsp3) is 0.167. The molecule has 0 saturated heterocycles. The molecule has 0 saturated carbocycles. The molecule has 10 heteroatoms. The maximum Gasteiger partial charge on any atom is 0.282 e. The van der Waals surface area contributed by atoms with Crippen molar-refractivity contribution in [1.82, 2.24) is 24.5 Å². The molecule has 170 valence electrons. The summed E-state index contributed by atoms with van der Waals surface area (Å²) < 4.78 is 1.60. The summed E-state index contributed by atoms with van der Waals surface area (Å²) in [5.74, 6) is 0.219. The summed E-state index contributed by atoms with van der Waals surface area (Å²) in [6, 6.07) is 12.0. The van der Waals surface area contributed by atoms with E-state index in [0.717, 1.165) is 21.8 Å². The minimum absolute atomic E-state index is 0.0271. The zero-order chi connectivity index (χ0) is 23.3. The average molecular weight is 506 g/mol. The van der Waals surface area contributed by atoms with Crippen molar-refractivity contribution in [3.05, 3.63) is 85.9 Å². The number of rotatable bonds is 9. The van der Waals surface area contributed by atoms with Gasteiger partial charge in [0.25, 0.3) is 5.56 Å². The number of ketones is 1. The Morgan fingerprint density at radius 1 is 1.03 bits per heavy atom. The van der Waals surface area contributed by atoms with Gasteiger partial charge in [0.1, 0.15) is 10.8 Å². The first kappa shape index (κ1) is 22.6. The minimum atomic E-state index is -0.246. The normalized spacial score (nSPS) is 11.2. The monoisotopic (exact) mass is 505 g/mol. The molecule has 0 radical (unpaired) electrons. The Morgan fingerprint density at radius 2 is 1.88 bits per heavy atom. The molecule has 0 N–H and O–H groups in total. The van der Waals surface area contributed by atoms with Gasteiger partial charge in [-0.1, -0.05) is 42.1 Å². The molecule has 0 atom stereocenters. The van der Waals surface area contributed by atoms with Gasteiger partial charge in [-0.2, -0.15) is 11.3 Å². The zero-order valence-electron chi connectivity index (χ0n) is 18.0. The lowest BCUT2D eigenvalue weighted by Crippen LogP contribution is -2.25. The number of aryl methyl sites for hydroxylation is 1. The number of benzene rings is 1. The van der Waals surface area contributed by atoms with Gasteiger partial charge in [0.05, 0.1) is 17.9 Å². The Hall–Kier alpha value is -3.21. The summed E-state index contributed by atoms with van der Waals surface area (Å²) in [6.07, 6.45) is 3.92. The molecule has 34 heavy (non-hydrogen) atoms. The molecule has 5 rings (SSSR count). The van der Waals surface area contributed by atoms with E-state index < -0.39 is 0 Å². The van der Waals surface area contributed by atoms with E-state index in [1.165, 1.54) is 35.5 Å². The van der Waals surface area contributed by atoms with Crippen LogP contribution in [0, 0.1) is 0 Å². The molecule has 0 amide bonds. The lowest BCUT2D eigenvalue weighted by atomic mass is 10.1. The Kier molecular flexibility index (Phi) is 6.89. The van der Waals surface area contributed by atoms with Crippen molar-refractivity contribution in [3.63, 3.8) is 0 Å². The SMILES string of the molecule is O=C(CSc1nc2nccnc2c(=O)n1CCc1ccccc1)Cc1nc(-c2ccsc2)cs1. The van der Waals surface area contributed by atoms with Crippen LogP contribution in [0.3, 0.4) is 0 Å². The maximum absolute atomic E-state index is 13.1. The molecule has 0 aliphatic rings. The number of Topliss-reactive ketones (excluding diaryl/α,β-unsaturated/α-hetero) is 1. The number of thioether (sulfide) groups is 1. The standard InChI is InChI=1S/C24H19N5O2S3/c30-18(12-20-27-19(15-33-20)17-7-11-32-13-17)14-34-24-28-22-21(25-8-9-26-22)23(31)29(24)10-6-16-4-2-1-3-5-16/h1-5,7-9,11,13,15H,6,10,12,14H2. The van der Waals surface area contributed by atoms with E-state index in [4.69, 9.17) is 0 Å². The number of carbonyl (C=O) groups excluding carboxylic acids is 1. The highest BCUT2D eigenvalue weighted by atomic mass is 32.2. The number of carbonyl (C=O) groups is 1. The lowest BCUT2D eigenvalue weighted by Gasteiger charge is -2.12. The van der Waals surface area contributed by atoms with Crippen molar-refractivity contribution in [2.24, 2.45) is 0 Å². The van der Waals surface area contributed by atoms with Gasteiger partial charge in [0.15, 0.2) is 16.3 Å². The second-order valence-corrected chi connectivity index (χ2v) is 10.1. The van der Waals surface area contributed by atoms with Crippen molar-refractivity contribution in [2.45, 2.75) is 24.5 Å². The van der Waals surface area contributed by atoms with Crippen molar-refractivity contribution in [1.29, 1.82) is 0 Å². The summed E-state index contributed by atoms with van der Waals surface area (Å²) in [5, 5.41) is 7.28. The second kappa shape index (κ2) is 10.4. The van der Waals surface area contributed by atoms with Crippen LogP contribution >= 0.6 is 34.4 Å². The van der Waals surface area contributed by atoms with E-state index in [-0.39, 0.29) is 29.0 Å². The number of aromatic nitrogens is 5. The molecular weight excluding hydrogens is 486 g/mol. The molecular formula is C24H19N5O2S3. The third-order valence-corrected chi connectivity index (χ3v) is 7.67. The van der Waals surface area contributed by atoms with Gasteiger partial charge in [-0.15, -0.1) is 11.3 Å². The van der Waals surface area contributed by atoms with E-state index in [9.17, 15) is 9.59 Å². The van der Waals surface area contributed by atoms with Crippen LogP contribution in [0.1, 0.15) is 10.6 Å². The Bertz CT molecular complexity index is 1480. The molecule has 0 unspecified atom stereocenters. The Labute approximate surface area is 207 Å². The number of hydrogen-bond acceptors (Lipinski definition) is 9. The van der Waals surface area contributed by atoms with Gasteiger partial charge in [-0.3, -0.25) is 14.2 Å². The first-order valence-corrected chi connectivity index (χ1v) is 13.3. The van der Waals surface area contributed by atoms with Crippen LogP contribution in [0.4, 0.5) is 0 Å². The molecule has 4 heterocycles. The van der Waals surface area contributed by atoms with Gasteiger partial charge in [-0.25, -0.2) is 19.9 Å². The Morgan fingerprint density at radius 3 is 2.71 bits per heavy atom. The quantitative estimate of drug-likeness (QED) is 0.215. The van der Waals surface area contributed by atoms with Crippen LogP contribution in [0.25, 0.3) is 22.4 Å². The van der Waals surface area contributed by atoms with Crippen LogP contribution in [-0.4, -0.2) is 36.0 Å². The molecule has 0 aliphatic heterocycles. The van der Waals surface area contributed by atoms with Gasteiger partial charge in [0.2, 0.25) is 0 Å². The molecule has 5 aromatic rings. The first-order valence-electron chi connectivity index (χ1n) is 10.5. The van der Waals surface area contributed by atoms with Crippen molar-refractivity contribution in [2.75, 3.05) is 5.75 Å². The fourth-order valence-electron chi connectivity index (χ4n) is 3.42. The smallest absolute Gasteiger partial charge is 0.282 e. The molecule has 0 spiro atoms. The van der Waals surface area contributed by atoms with Crippen LogP contribution < -0.4 is 5.56 Å². The number of hydrogen-bond donors (Lipinski definition) is 0. The van der Waals surface area contributed by atoms with E-state index in [1.54, 1.807) is 15.9 Å². The average Bonchev–Trinajstić information content (AvgIpc) is 3.55. The summed E-state index contributed by atoms with van der Waals surface area (Å²) in [6.45, 7) is 0.440. The zero-order valence-corrected chi connectivity index (χ0v) is 20.4. The molecule has 7 nitrogen and oxygen atoms in total. The molecule has 1 aromatic carbocycles. The van der Waals surface area contributed by atoms with Crippen molar-refractivity contribution < 1.29 is 4.79 Å². The molecule has 0 fully saturated rings.